The van der Waals surface area contributed by atoms with Crippen molar-refractivity contribution in [3.63, 3.8) is 0 Å². The van der Waals surface area contributed by atoms with Gasteiger partial charge in [0.2, 0.25) is 0 Å². The molecule has 2 amide bonds. The number of carbonyl (C=O) groups is 1. The number of hydrogen-bond acceptors (Lipinski definition) is 3. The summed E-state index contributed by atoms with van der Waals surface area (Å²) in [7, 11) is 1.68. The molecule has 1 aromatic rings. The van der Waals surface area contributed by atoms with Gasteiger partial charge in [0.15, 0.2) is 0 Å². The number of nitrogens with zero attached hydrogens (tertiary/aromatic N) is 2. The van der Waals surface area contributed by atoms with E-state index >= 15 is 0 Å². The summed E-state index contributed by atoms with van der Waals surface area (Å²) in [4.78, 5) is 17.3. The number of amides is 2. The number of benzene rings is 1. The minimum absolute atomic E-state index is 0.0138. The van der Waals surface area contributed by atoms with Crippen LogP contribution in [0.2, 0.25) is 0 Å². The minimum atomic E-state index is -0.252. The fourth-order valence-corrected chi connectivity index (χ4v) is 3.65. The average molecular weight is 376 g/mol. The zero-order chi connectivity index (χ0) is 19.9. The van der Waals surface area contributed by atoms with E-state index in [2.05, 4.69) is 17.1 Å². The van der Waals surface area contributed by atoms with Gasteiger partial charge in [-0.25, -0.2) is 4.79 Å². The van der Waals surface area contributed by atoms with Crippen LogP contribution in [-0.4, -0.2) is 54.2 Å². The summed E-state index contributed by atoms with van der Waals surface area (Å²) >= 11 is 0. The predicted octanol–water partition coefficient (Wildman–Crippen LogP) is 4.27. The molecule has 2 rings (SSSR count). The predicted molar refractivity (Wildman–Crippen MR) is 111 cm³/mol. The molecule has 1 aromatic carbocycles. The van der Waals surface area contributed by atoms with E-state index in [0.29, 0.717) is 12.6 Å². The van der Waals surface area contributed by atoms with Crippen molar-refractivity contribution in [1.82, 2.24) is 15.1 Å². The zero-order valence-corrected chi connectivity index (χ0v) is 17.8. The lowest BCUT2D eigenvalue weighted by atomic mass is 10.0. The fourth-order valence-electron chi connectivity index (χ4n) is 3.65. The van der Waals surface area contributed by atoms with Crippen LogP contribution in [0.5, 0.6) is 5.75 Å². The molecule has 0 saturated carbocycles. The molecule has 0 aliphatic carbocycles. The van der Waals surface area contributed by atoms with Gasteiger partial charge in [-0.15, -0.1) is 0 Å². The third-order valence-electron chi connectivity index (χ3n) is 5.14. The number of methoxy groups -OCH3 is 1. The van der Waals surface area contributed by atoms with Gasteiger partial charge < -0.3 is 19.9 Å². The Morgan fingerprint density at radius 3 is 2.70 bits per heavy atom. The van der Waals surface area contributed by atoms with E-state index in [-0.39, 0.29) is 11.6 Å². The molecule has 0 bridgehead atoms. The molecular formula is C22H37N3O2. The Bertz CT molecular complexity index is 597. The number of rotatable bonds is 7. The Labute approximate surface area is 165 Å². The van der Waals surface area contributed by atoms with E-state index in [1.807, 2.05) is 49.9 Å². The van der Waals surface area contributed by atoms with Gasteiger partial charge >= 0.3 is 6.03 Å². The van der Waals surface area contributed by atoms with Gasteiger partial charge in [-0.05, 0) is 59.6 Å². The molecule has 1 aliphatic heterocycles. The van der Waals surface area contributed by atoms with E-state index in [9.17, 15) is 4.79 Å². The molecule has 152 valence electrons. The average Bonchev–Trinajstić information content (AvgIpc) is 2.61. The Kier molecular flexibility index (Phi) is 7.96. The molecule has 1 N–H and O–H groups in total. The number of hydrogen-bond donors (Lipinski definition) is 1. The van der Waals surface area contributed by atoms with E-state index in [0.717, 1.165) is 30.8 Å². The highest BCUT2D eigenvalue weighted by Crippen LogP contribution is 2.20. The summed E-state index contributed by atoms with van der Waals surface area (Å²) in [6.07, 6.45) is 4.90. The number of para-hydroxylation sites is 1. The molecule has 1 saturated heterocycles. The van der Waals surface area contributed by atoms with Gasteiger partial charge in [0.1, 0.15) is 5.75 Å². The molecule has 1 fully saturated rings. The van der Waals surface area contributed by atoms with E-state index in [1.54, 1.807) is 7.11 Å². The summed E-state index contributed by atoms with van der Waals surface area (Å²) in [6.45, 7) is 11.9. The minimum Gasteiger partial charge on any atom is -0.496 e. The highest BCUT2D eigenvalue weighted by molar-refractivity contribution is 5.75. The van der Waals surface area contributed by atoms with Crippen molar-refractivity contribution < 1.29 is 9.53 Å². The second kappa shape index (κ2) is 9.98. The summed E-state index contributed by atoms with van der Waals surface area (Å²) in [5.74, 6) is 0.829. The van der Waals surface area contributed by atoms with E-state index in [4.69, 9.17) is 4.74 Å². The van der Waals surface area contributed by atoms with Crippen molar-refractivity contribution in [2.24, 2.45) is 0 Å². The molecule has 1 unspecified atom stereocenters. The summed E-state index contributed by atoms with van der Waals surface area (Å²) in [6, 6.07) is 8.57. The summed E-state index contributed by atoms with van der Waals surface area (Å²) in [5, 5.41) is 3.11. The van der Waals surface area contributed by atoms with E-state index in [1.165, 1.54) is 25.8 Å². The zero-order valence-electron chi connectivity index (χ0n) is 17.8. The number of piperidine rings is 1. The third kappa shape index (κ3) is 7.06. The lowest BCUT2D eigenvalue weighted by Crippen LogP contribution is -2.49. The maximum absolute atomic E-state index is 12.9. The second-order valence-electron chi connectivity index (χ2n) is 8.65. The lowest BCUT2D eigenvalue weighted by molar-refractivity contribution is 0.147. The second-order valence-corrected chi connectivity index (χ2v) is 8.65. The van der Waals surface area contributed by atoms with Gasteiger partial charge in [0.05, 0.1) is 13.7 Å². The number of ether oxygens (including phenoxy) is 1. The number of carbonyl (C=O) groups excluding carboxylic acids is 1. The van der Waals surface area contributed by atoms with Crippen LogP contribution in [0, 0.1) is 0 Å². The maximum Gasteiger partial charge on any atom is 0.318 e. The monoisotopic (exact) mass is 375 g/mol. The Hall–Kier alpha value is -1.75. The van der Waals surface area contributed by atoms with Gasteiger partial charge in [0.25, 0.3) is 0 Å². The van der Waals surface area contributed by atoms with Gasteiger partial charge in [-0.2, -0.15) is 0 Å². The molecule has 1 aliphatic rings. The van der Waals surface area contributed by atoms with E-state index < -0.39 is 0 Å². The molecule has 1 atom stereocenters. The van der Waals surface area contributed by atoms with Gasteiger partial charge in [0, 0.05) is 30.2 Å². The molecule has 0 radical (unpaired) electrons. The van der Waals surface area contributed by atoms with Crippen molar-refractivity contribution in [2.75, 3.05) is 26.7 Å². The van der Waals surface area contributed by atoms with Crippen LogP contribution in [-0.2, 0) is 6.54 Å². The highest BCUT2D eigenvalue weighted by atomic mass is 16.5. The largest absolute Gasteiger partial charge is 0.496 e. The fraction of sp³-hybridized carbons (Fsp3) is 0.682. The molecule has 0 aromatic heterocycles. The van der Waals surface area contributed by atoms with Gasteiger partial charge in [-0.3, -0.25) is 0 Å². The number of nitrogens with one attached hydrogen (secondary N) is 1. The first-order valence-electron chi connectivity index (χ1n) is 10.2. The smallest absolute Gasteiger partial charge is 0.318 e. The van der Waals surface area contributed by atoms with Crippen molar-refractivity contribution in [2.45, 2.75) is 71.5 Å². The summed E-state index contributed by atoms with van der Waals surface area (Å²) in [5.41, 5.74) is 0.785. The number of urea groups is 1. The van der Waals surface area contributed by atoms with Crippen LogP contribution < -0.4 is 10.1 Å². The lowest BCUT2D eigenvalue weighted by Gasteiger charge is -2.34. The first kappa shape index (κ1) is 21.5. The van der Waals surface area contributed by atoms with Crippen LogP contribution in [0.3, 0.4) is 0 Å². The maximum atomic E-state index is 12.9. The van der Waals surface area contributed by atoms with Crippen molar-refractivity contribution in [1.29, 1.82) is 0 Å². The topological polar surface area (TPSA) is 44.8 Å². The van der Waals surface area contributed by atoms with Crippen LogP contribution in [0.1, 0.15) is 58.9 Å². The van der Waals surface area contributed by atoms with Gasteiger partial charge in [-0.1, -0.05) is 24.6 Å². The molecular weight excluding hydrogens is 338 g/mol. The highest BCUT2D eigenvalue weighted by Gasteiger charge is 2.22. The van der Waals surface area contributed by atoms with Crippen LogP contribution >= 0.6 is 0 Å². The SMILES string of the molecule is COc1ccccc1CN(CCCN1CCCCC1C)C(=O)NC(C)(C)C. The third-order valence-corrected chi connectivity index (χ3v) is 5.14. The molecule has 5 nitrogen and oxygen atoms in total. The standard InChI is InChI=1S/C22H37N3O2/c1-18-11-8-9-14-24(18)15-10-16-25(21(26)23-22(2,3)4)17-19-12-6-7-13-20(19)27-5/h6-7,12-13,18H,8-11,14-17H2,1-5H3,(H,23,26). The Morgan fingerprint density at radius 2 is 2.04 bits per heavy atom. The van der Waals surface area contributed by atoms with Crippen molar-refractivity contribution in [3.05, 3.63) is 29.8 Å². The molecule has 27 heavy (non-hydrogen) atoms. The first-order valence-corrected chi connectivity index (χ1v) is 10.2. The van der Waals surface area contributed by atoms with Crippen LogP contribution in [0.25, 0.3) is 0 Å². The van der Waals surface area contributed by atoms with Crippen LogP contribution in [0.15, 0.2) is 24.3 Å². The van der Waals surface area contributed by atoms with Crippen molar-refractivity contribution >= 4 is 6.03 Å². The first-order chi connectivity index (χ1) is 12.8. The molecule has 5 heteroatoms. The molecule has 0 spiro atoms. The normalized spacial score (nSPS) is 18.2. The Morgan fingerprint density at radius 1 is 1.30 bits per heavy atom. The number of likely N-dealkylation sites (tertiary alicyclic amines) is 1. The quantitative estimate of drug-likeness (QED) is 0.774. The van der Waals surface area contributed by atoms with Crippen LogP contribution in [0.4, 0.5) is 4.79 Å². The molecule has 1 heterocycles. The Balaban J connectivity index is 2.01. The van der Waals surface area contributed by atoms with Crippen molar-refractivity contribution in [3.8, 4) is 5.75 Å². The summed E-state index contributed by atoms with van der Waals surface area (Å²) < 4.78 is 5.47.